The molecule has 0 saturated heterocycles. The van der Waals surface area contributed by atoms with Crippen molar-refractivity contribution in [3.8, 4) is 0 Å². The van der Waals surface area contributed by atoms with E-state index in [1.165, 1.54) is 12.1 Å². The number of rotatable bonds is 4. The zero-order valence-electron chi connectivity index (χ0n) is 10.2. The fourth-order valence-corrected chi connectivity index (χ4v) is 2.84. The number of nitrogens with zero attached hydrogens (tertiary/aromatic N) is 3. The highest BCUT2D eigenvalue weighted by Gasteiger charge is 2.28. The van der Waals surface area contributed by atoms with Crippen LogP contribution in [-0.4, -0.2) is 23.1 Å². The Bertz CT molecular complexity index is 800. The molecule has 0 atom stereocenters. The van der Waals surface area contributed by atoms with Gasteiger partial charge in [0, 0.05) is 4.47 Å². The fourth-order valence-electron chi connectivity index (χ4n) is 1.69. The summed E-state index contributed by atoms with van der Waals surface area (Å²) in [5.41, 5.74) is 0.445. The number of hydrogen-bond acceptors (Lipinski definition) is 5. The topological polar surface area (TPSA) is 121 Å². The number of hydrogen-bond donors (Lipinski definition) is 1. The van der Waals surface area contributed by atoms with Gasteiger partial charge >= 0.3 is 5.82 Å². The van der Waals surface area contributed by atoms with Crippen LogP contribution in [0.5, 0.6) is 0 Å². The minimum absolute atomic E-state index is 0.0489. The maximum atomic E-state index is 13.2. The van der Waals surface area contributed by atoms with Gasteiger partial charge in [-0.15, -0.1) is 0 Å². The highest BCUT2D eigenvalue weighted by molar-refractivity contribution is 9.10. The van der Waals surface area contributed by atoms with Crippen LogP contribution in [0.15, 0.2) is 33.8 Å². The summed E-state index contributed by atoms with van der Waals surface area (Å²) in [7, 11) is -4.27. The Labute approximate surface area is 126 Å². The summed E-state index contributed by atoms with van der Waals surface area (Å²) >= 11 is 3.11. The summed E-state index contributed by atoms with van der Waals surface area (Å²) in [5.74, 6) is -1.37. The van der Waals surface area contributed by atoms with Crippen LogP contribution in [0.3, 0.4) is 0 Å². The van der Waals surface area contributed by atoms with Crippen LogP contribution in [0.2, 0.25) is 0 Å². The molecule has 0 saturated carbocycles. The van der Waals surface area contributed by atoms with Gasteiger partial charge in [-0.05, 0) is 28.7 Å². The molecule has 0 unspecified atom stereocenters. The smallest absolute Gasteiger partial charge is 0.358 e. The number of sulfonamides is 1. The van der Waals surface area contributed by atoms with Crippen molar-refractivity contribution in [2.24, 2.45) is 5.14 Å². The molecule has 2 aromatic rings. The van der Waals surface area contributed by atoms with Crippen LogP contribution in [0.25, 0.3) is 0 Å². The SMILES string of the molecule is NS(=O)(=O)c1cn(Cc2cc(F)cc(Br)c2)nc1[N+](=O)[O-]. The van der Waals surface area contributed by atoms with E-state index in [0.29, 0.717) is 10.0 Å². The molecule has 8 nitrogen and oxygen atoms in total. The van der Waals surface area contributed by atoms with E-state index in [1.54, 1.807) is 6.07 Å². The Hall–Kier alpha value is -1.85. The highest BCUT2D eigenvalue weighted by Crippen LogP contribution is 2.21. The maximum Gasteiger partial charge on any atom is 0.410 e. The molecule has 0 fully saturated rings. The Kier molecular flexibility index (Phi) is 4.07. The van der Waals surface area contributed by atoms with Crippen molar-refractivity contribution in [3.05, 3.63) is 50.4 Å². The zero-order chi connectivity index (χ0) is 15.8. The summed E-state index contributed by atoms with van der Waals surface area (Å²) in [5, 5.41) is 19.2. The molecule has 1 aromatic carbocycles. The van der Waals surface area contributed by atoms with E-state index in [2.05, 4.69) is 21.0 Å². The third kappa shape index (κ3) is 3.62. The molecule has 0 radical (unpaired) electrons. The molecule has 0 aliphatic carbocycles. The Balaban J connectivity index is 2.44. The first kappa shape index (κ1) is 15.5. The van der Waals surface area contributed by atoms with Gasteiger partial charge < -0.3 is 10.1 Å². The number of primary sulfonamides is 1. The molecule has 0 amide bonds. The van der Waals surface area contributed by atoms with E-state index in [4.69, 9.17) is 5.14 Å². The summed E-state index contributed by atoms with van der Waals surface area (Å²) in [4.78, 5) is 9.15. The summed E-state index contributed by atoms with van der Waals surface area (Å²) in [6.07, 6.45) is 0.937. The highest BCUT2D eigenvalue weighted by atomic mass is 79.9. The Morgan fingerprint density at radius 2 is 2.10 bits per heavy atom. The Morgan fingerprint density at radius 1 is 1.43 bits per heavy atom. The first-order valence-corrected chi connectivity index (χ1v) is 7.70. The monoisotopic (exact) mass is 378 g/mol. The lowest BCUT2D eigenvalue weighted by atomic mass is 10.2. The second-order valence-electron chi connectivity index (χ2n) is 4.09. The molecule has 2 N–H and O–H groups in total. The van der Waals surface area contributed by atoms with Gasteiger partial charge in [-0.3, -0.25) is 0 Å². The maximum absolute atomic E-state index is 13.2. The minimum atomic E-state index is -4.27. The number of nitrogens with two attached hydrogens (primary N) is 1. The molecular weight excluding hydrogens is 371 g/mol. The molecule has 1 aromatic heterocycles. The van der Waals surface area contributed by atoms with Gasteiger partial charge in [0.05, 0.1) is 17.8 Å². The third-order valence-electron chi connectivity index (χ3n) is 2.46. The molecule has 0 spiro atoms. The van der Waals surface area contributed by atoms with Crippen molar-refractivity contribution in [3.63, 3.8) is 0 Å². The minimum Gasteiger partial charge on any atom is -0.358 e. The zero-order valence-corrected chi connectivity index (χ0v) is 12.6. The van der Waals surface area contributed by atoms with E-state index in [9.17, 15) is 22.9 Å². The van der Waals surface area contributed by atoms with Crippen molar-refractivity contribution in [2.45, 2.75) is 11.4 Å². The molecule has 2 rings (SSSR count). The van der Waals surface area contributed by atoms with Gasteiger partial charge in [-0.25, -0.2) is 17.9 Å². The van der Waals surface area contributed by atoms with E-state index < -0.39 is 31.5 Å². The molecule has 112 valence electrons. The number of benzene rings is 1. The van der Waals surface area contributed by atoms with Crippen LogP contribution in [-0.2, 0) is 16.6 Å². The molecule has 1 heterocycles. The van der Waals surface area contributed by atoms with Crippen LogP contribution < -0.4 is 5.14 Å². The van der Waals surface area contributed by atoms with Crippen LogP contribution in [0.1, 0.15) is 5.56 Å². The molecular formula is C10H8BrFN4O4S. The van der Waals surface area contributed by atoms with E-state index in [-0.39, 0.29) is 6.54 Å². The van der Waals surface area contributed by atoms with E-state index >= 15 is 0 Å². The number of nitro groups is 1. The number of halogens is 2. The van der Waals surface area contributed by atoms with Crippen molar-refractivity contribution < 1.29 is 17.7 Å². The quantitative estimate of drug-likeness (QED) is 0.636. The molecule has 21 heavy (non-hydrogen) atoms. The predicted molar refractivity (Wildman–Crippen MR) is 73.5 cm³/mol. The average Bonchev–Trinajstić information content (AvgIpc) is 2.71. The van der Waals surface area contributed by atoms with Crippen molar-refractivity contribution in [1.29, 1.82) is 0 Å². The summed E-state index contributed by atoms with van der Waals surface area (Å²) in [6, 6.07) is 4.02. The van der Waals surface area contributed by atoms with Crippen LogP contribution >= 0.6 is 15.9 Å². The van der Waals surface area contributed by atoms with E-state index in [1.807, 2.05) is 0 Å². The second kappa shape index (κ2) is 5.50. The average molecular weight is 379 g/mol. The fraction of sp³-hybridized carbons (Fsp3) is 0.100. The van der Waals surface area contributed by atoms with Gasteiger partial charge in [-0.1, -0.05) is 15.9 Å². The van der Waals surface area contributed by atoms with Crippen molar-refractivity contribution in [1.82, 2.24) is 9.78 Å². The van der Waals surface area contributed by atoms with Crippen molar-refractivity contribution in [2.75, 3.05) is 0 Å². The molecule has 0 bridgehead atoms. The molecule has 11 heteroatoms. The van der Waals surface area contributed by atoms with E-state index in [0.717, 1.165) is 10.9 Å². The molecule has 0 aliphatic rings. The largest absolute Gasteiger partial charge is 0.410 e. The molecule has 0 aliphatic heterocycles. The normalized spacial score (nSPS) is 11.6. The van der Waals surface area contributed by atoms with Gasteiger partial charge in [-0.2, -0.15) is 4.68 Å². The van der Waals surface area contributed by atoms with Crippen LogP contribution in [0, 0.1) is 15.9 Å². The summed E-state index contributed by atoms with van der Waals surface area (Å²) in [6.45, 7) is -0.0489. The first-order valence-electron chi connectivity index (χ1n) is 5.36. The lowest BCUT2D eigenvalue weighted by Crippen LogP contribution is -2.13. The van der Waals surface area contributed by atoms with Gasteiger partial charge in [0.25, 0.3) is 0 Å². The van der Waals surface area contributed by atoms with Gasteiger partial charge in [0.2, 0.25) is 14.9 Å². The number of aromatic nitrogens is 2. The third-order valence-corrected chi connectivity index (χ3v) is 3.82. The second-order valence-corrected chi connectivity index (χ2v) is 6.54. The standard InChI is InChI=1S/C10H8BrFN4O4S/c11-7-1-6(2-8(12)3-7)4-15-5-9(21(13,19)20)10(14-15)16(17)18/h1-3,5H,4H2,(H2,13,19,20). The van der Waals surface area contributed by atoms with Crippen LogP contribution in [0.4, 0.5) is 10.2 Å². The first-order chi connectivity index (χ1) is 9.66. The van der Waals surface area contributed by atoms with Crippen molar-refractivity contribution >= 4 is 31.8 Å². The lowest BCUT2D eigenvalue weighted by Gasteiger charge is -2.00. The Morgan fingerprint density at radius 3 is 2.57 bits per heavy atom. The van der Waals surface area contributed by atoms with Gasteiger partial charge in [0.1, 0.15) is 5.82 Å². The lowest BCUT2D eigenvalue weighted by molar-refractivity contribution is -0.392. The van der Waals surface area contributed by atoms with Gasteiger partial charge in [0.15, 0.2) is 0 Å². The summed E-state index contributed by atoms with van der Waals surface area (Å²) < 4.78 is 37.3. The predicted octanol–water partition coefficient (Wildman–Crippen LogP) is 1.39.